The van der Waals surface area contributed by atoms with Gasteiger partial charge in [0.25, 0.3) is 0 Å². The number of likely N-dealkylation sites (tertiary alicyclic amines) is 1. The lowest BCUT2D eigenvalue weighted by atomic mass is 9.93. The lowest BCUT2D eigenvalue weighted by Crippen LogP contribution is -2.47. The monoisotopic (exact) mass is 335 g/mol. The van der Waals surface area contributed by atoms with Gasteiger partial charge in [-0.3, -0.25) is 4.90 Å². The third-order valence-corrected chi connectivity index (χ3v) is 5.19. The minimum Gasteiger partial charge on any atom is -0.468 e. The maximum absolute atomic E-state index is 12.2. The van der Waals surface area contributed by atoms with Crippen molar-refractivity contribution in [3.8, 4) is 0 Å². The number of hydrogen-bond donors (Lipinski definition) is 3. The first-order valence-electron chi connectivity index (χ1n) is 9.22. The van der Waals surface area contributed by atoms with Crippen molar-refractivity contribution in [2.45, 2.75) is 63.1 Å². The van der Waals surface area contributed by atoms with Gasteiger partial charge < -0.3 is 20.2 Å². The normalized spacial score (nSPS) is 26.7. The van der Waals surface area contributed by atoms with Gasteiger partial charge in [0.2, 0.25) is 0 Å². The quantitative estimate of drug-likeness (QED) is 0.772. The molecule has 3 N–H and O–H groups in total. The lowest BCUT2D eigenvalue weighted by molar-refractivity contribution is 0.117. The molecule has 24 heavy (non-hydrogen) atoms. The maximum atomic E-state index is 12.2. The third-order valence-electron chi connectivity index (χ3n) is 5.19. The molecule has 2 aliphatic rings. The zero-order valence-corrected chi connectivity index (χ0v) is 14.2. The first-order chi connectivity index (χ1) is 11.7. The molecule has 1 saturated carbocycles. The molecule has 6 heteroatoms. The highest BCUT2D eigenvalue weighted by Crippen LogP contribution is 2.24. The second-order valence-electron chi connectivity index (χ2n) is 6.99. The molecule has 0 spiro atoms. The number of urea groups is 1. The molecule has 2 heterocycles. The molecule has 134 valence electrons. The topological polar surface area (TPSA) is 77.7 Å². The minimum atomic E-state index is -0.200. The van der Waals surface area contributed by atoms with Gasteiger partial charge in [-0.25, -0.2) is 4.79 Å². The van der Waals surface area contributed by atoms with Crippen LogP contribution < -0.4 is 10.6 Å². The summed E-state index contributed by atoms with van der Waals surface area (Å²) >= 11 is 0. The molecule has 0 radical (unpaired) electrons. The van der Waals surface area contributed by atoms with Gasteiger partial charge in [-0.2, -0.15) is 0 Å². The average molecular weight is 335 g/mol. The number of carbonyl (C=O) groups is 1. The van der Waals surface area contributed by atoms with Gasteiger partial charge in [0.1, 0.15) is 5.76 Å². The number of aliphatic hydroxyl groups is 1. The fourth-order valence-electron chi connectivity index (χ4n) is 3.77. The molecular weight excluding hydrogens is 306 g/mol. The fourth-order valence-corrected chi connectivity index (χ4v) is 3.77. The number of hydrogen-bond acceptors (Lipinski definition) is 4. The van der Waals surface area contributed by atoms with Gasteiger partial charge in [0.05, 0.1) is 18.4 Å². The number of aliphatic hydroxyl groups excluding tert-OH is 1. The van der Waals surface area contributed by atoms with E-state index < -0.39 is 0 Å². The molecule has 2 amide bonds. The van der Waals surface area contributed by atoms with Crippen LogP contribution >= 0.6 is 0 Å². The van der Waals surface area contributed by atoms with Crippen LogP contribution in [0.2, 0.25) is 0 Å². The van der Waals surface area contributed by atoms with Gasteiger partial charge in [0.15, 0.2) is 0 Å². The van der Waals surface area contributed by atoms with E-state index >= 15 is 0 Å². The average Bonchev–Trinajstić information content (AvgIpc) is 3.12. The number of nitrogens with one attached hydrogen (secondary N) is 2. The van der Waals surface area contributed by atoms with Crippen LogP contribution in [0.1, 0.15) is 56.7 Å². The van der Waals surface area contributed by atoms with Crippen molar-refractivity contribution in [1.82, 2.24) is 15.5 Å². The predicted octanol–water partition coefficient (Wildman–Crippen LogP) is 2.41. The molecule has 1 saturated heterocycles. The summed E-state index contributed by atoms with van der Waals surface area (Å²) < 4.78 is 5.60. The summed E-state index contributed by atoms with van der Waals surface area (Å²) in [5.74, 6) is 0.915. The SMILES string of the molecule is O=C(NCC(c1ccco1)N1CCCCC1)NC1CCC(O)CC1. The largest absolute Gasteiger partial charge is 0.468 e. The third kappa shape index (κ3) is 4.74. The van der Waals surface area contributed by atoms with Crippen molar-refractivity contribution < 1.29 is 14.3 Å². The highest BCUT2D eigenvalue weighted by molar-refractivity contribution is 5.74. The van der Waals surface area contributed by atoms with Crippen LogP contribution in [0.15, 0.2) is 22.8 Å². The fraction of sp³-hybridized carbons (Fsp3) is 0.722. The van der Waals surface area contributed by atoms with Gasteiger partial charge in [-0.05, 0) is 63.7 Å². The van der Waals surface area contributed by atoms with E-state index in [1.165, 1.54) is 19.3 Å². The summed E-state index contributed by atoms with van der Waals surface area (Å²) in [5, 5.41) is 15.6. The van der Waals surface area contributed by atoms with Crippen LogP contribution in [0.3, 0.4) is 0 Å². The van der Waals surface area contributed by atoms with Crippen LogP contribution in [-0.2, 0) is 0 Å². The Balaban J connectivity index is 1.50. The van der Waals surface area contributed by atoms with Gasteiger partial charge in [-0.1, -0.05) is 6.42 Å². The number of nitrogens with zero attached hydrogens (tertiary/aromatic N) is 1. The highest BCUT2D eigenvalue weighted by atomic mass is 16.3. The molecule has 3 rings (SSSR count). The van der Waals surface area contributed by atoms with E-state index in [2.05, 4.69) is 15.5 Å². The summed E-state index contributed by atoms with van der Waals surface area (Å²) in [4.78, 5) is 14.6. The van der Waals surface area contributed by atoms with Crippen LogP contribution in [0.4, 0.5) is 4.79 Å². The number of furan rings is 1. The Bertz CT molecular complexity index is 492. The van der Waals surface area contributed by atoms with E-state index in [0.29, 0.717) is 6.54 Å². The Morgan fingerprint density at radius 2 is 2.00 bits per heavy atom. The van der Waals surface area contributed by atoms with Crippen LogP contribution in [0, 0.1) is 0 Å². The van der Waals surface area contributed by atoms with Crippen LogP contribution in [0.25, 0.3) is 0 Å². The second-order valence-corrected chi connectivity index (χ2v) is 6.99. The molecule has 1 atom stereocenters. The molecule has 0 aromatic carbocycles. The number of carbonyl (C=O) groups excluding carboxylic acids is 1. The first kappa shape index (κ1) is 17.3. The Kier molecular flexibility index (Phi) is 6.15. The van der Waals surface area contributed by atoms with Gasteiger partial charge in [0, 0.05) is 12.6 Å². The van der Waals surface area contributed by atoms with Crippen molar-refractivity contribution in [1.29, 1.82) is 0 Å². The van der Waals surface area contributed by atoms with E-state index in [0.717, 1.165) is 44.5 Å². The zero-order valence-electron chi connectivity index (χ0n) is 14.2. The van der Waals surface area contributed by atoms with E-state index in [1.54, 1.807) is 6.26 Å². The van der Waals surface area contributed by atoms with Crippen LogP contribution in [-0.4, -0.2) is 47.8 Å². The van der Waals surface area contributed by atoms with Crippen molar-refractivity contribution >= 4 is 6.03 Å². The van der Waals surface area contributed by atoms with E-state index in [9.17, 15) is 9.90 Å². The molecule has 1 aromatic rings. The highest BCUT2D eigenvalue weighted by Gasteiger charge is 2.26. The predicted molar refractivity (Wildman–Crippen MR) is 91.7 cm³/mol. The maximum Gasteiger partial charge on any atom is 0.315 e. The second kappa shape index (κ2) is 8.53. The van der Waals surface area contributed by atoms with Crippen molar-refractivity contribution in [2.24, 2.45) is 0 Å². The van der Waals surface area contributed by atoms with Crippen molar-refractivity contribution in [2.75, 3.05) is 19.6 Å². The Morgan fingerprint density at radius 3 is 2.67 bits per heavy atom. The molecule has 2 fully saturated rings. The molecule has 6 nitrogen and oxygen atoms in total. The number of piperidine rings is 1. The first-order valence-corrected chi connectivity index (χ1v) is 9.22. The molecule has 0 bridgehead atoms. The summed E-state index contributed by atoms with van der Waals surface area (Å²) in [5.41, 5.74) is 0. The molecule has 1 aliphatic carbocycles. The Labute approximate surface area is 143 Å². The van der Waals surface area contributed by atoms with Gasteiger partial charge in [-0.15, -0.1) is 0 Å². The van der Waals surface area contributed by atoms with Crippen molar-refractivity contribution in [3.63, 3.8) is 0 Å². The smallest absolute Gasteiger partial charge is 0.315 e. The summed E-state index contributed by atoms with van der Waals surface area (Å²) in [6, 6.07) is 4.04. The summed E-state index contributed by atoms with van der Waals surface area (Å²) in [7, 11) is 0. The lowest BCUT2D eigenvalue weighted by Gasteiger charge is -2.33. The minimum absolute atomic E-state index is 0.0965. The Morgan fingerprint density at radius 1 is 1.25 bits per heavy atom. The number of rotatable bonds is 5. The van der Waals surface area contributed by atoms with Gasteiger partial charge >= 0.3 is 6.03 Å². The number of amides is 2. The van der Waals surface area contributed by atoms with E-state index in [4.69, 9.17) is 4.42 Å². The van der Waals surface area contributed by atoms with Crippen LogP contribution in [0.5, 0.6) is 0 Å². The van der Waals surface area contributed by atoms with E-state index in [1.807, 2.05) is 12.1 Å². The molecule has 1 aromatic heterocycles. The zero-order chi connectivity index (χ0) is 16.8. The molecule has 1 aliphatic heterocycles. The Hall–Kier alpha value is -1.53. The molecule has 1 unspecified atom stereocenters. The van der Waals surface area contributed by atoms with E-state index in [-0.39, 0.29) is 24.2 Å². The summed E-state index contributed by atoms with van der Waals surface area (Å²) in [6.07, 6.45) is 8.42. The molecular formula is C18H29N3O3. The van der Waals surface area contributed by atoms with Crippen molar-refractivity contribution in [3.05, 3.63) is 24.2 Å². The standard InChI is InChI=1S/C18H29N3O3/c22-15-8-6-14(7-9-15)20-18(23)19-13-16(17-5-4-12-24-17)21-10-2-1-3-11-21/h4-5,12,14-16,22H,1-3,6-11,13H2,(H2,19,20,23). The summed E-state index contributed by atoms with van der Waals surface area (Å²) in [6.45, 7) is 2.65.